The van der Waals surface area contributed by atoms with E-state index in [1.807, 2.05) is 0 Å². The quantitative estimate of drug-likeness (QED) is 0.884. The van der Waals surface area contributed by atoms with Crippen LogP contribution < -0.4 is 5.32 Å². The van der Waals surface area contributed by atoms with Gasteiger partial charge in [-0.05, 0) is 36.9 Å². The molecule has 3 heteroatoms. The zero-order valence-corrected chi connectivity index (χ0v) is 13.0. The van der Waals surface area contributed by atoms with Crippen molar-refractivity contribution in [2.45, 2.75) is 60.2 Å². The zero-order valence-electron chi connectivity index (χ0n) is 13.0. The van der Waals surface area contributed by atoms with Gasteiger partial charge in [-0.2, -0.15) is 0 Å². The summed E-state index contributed by atoms with van der Waals surface area (Å²) in [5, 5.41) is 3.42. The van der Waals surface area contributed by atoms with Crippen LogP contribution in [0.15, 0.2) is 10.5 Å². The summed E-state index contributed by atoms with van der Waals surface area (Å²) in [6.07, 6.45) is 1.29. The fourth-order valence-corrected chi connectivity index (χ4v) is 2.72. The fraction of sp³-hybridized carbons (Fsp3) is 0.750. The van der Waals surface area contributed by atoms with Gasteiger partial charge in [-0.3, -0.25) is 4.90 Å². The van der Waals surface area contributed by atoms with Gasteiger partial charge in [-0.15, -0.1) is 0 Å². The molecule has 1 fully saturated rings. The van der Waals surface area contributed by atoms with Crippen LogP contribution in [0, 0.1) is 12.3 Å². The molecular formula is C16H28N2O. The lowest BCUT2D eigenvalue weighted by Crippen LogP contribution is -2.22. The van der Waals surface area contributed by atoms with Gasteiger partial charge in [0.2, 0.25) is 0 Å². The molecule has 0 aliphatic carbocycles. The molecule has 1 saturated heterocycles. The molecule has 1 aliphatic heterocycles. The van der Waals surface area contributed by atoms with Gasteiger partial charge in [0.15, 0.2) is 0 Å². The lowest BCUT2D eigenvalue weighted by atomic mass is 9.93. The first kappa shape index (κ1) is 14.6. The Balaban J connectivity index is 1.93. The van der Waals surface area contributed by atoms with Crippen LogP contribution in [0.5, 0.6) is 0 Å². The van der Waals surface area contributed by atoms with Crippen LogP contribution >= 0.6 is 0 Å². The predicted octanol–water partition coefficient (Wildman–Crippen LogP) is 3.32. The Labute approximate surface area is 117 Å². The summed E-state index contributed by atoms with van der Waals surface area (Å²) in [6, 6.07) is 2.69. The third-order valence-corrected chi connectivity index (χ3v) is 3.88. The summed E-state index contributed by atoms with van der Waals surface area (Å²) in [6.45, 7) is 15.3. The number of hydrogen-bond donors (Lipinski definition) is 1. The number of aryl methyl sites for hydroxylation is 1. The molecule has 1 aliphatic rings. The molecule has 0 bridgehead atoms. The highest BCUT2D eigenvalue weighted by atomic mass is 16.3. The maximum absolute atomic E-state index is 5.99. The zero-order chi connectivity index (χ0) is 14.0. The highest BCUT2D eigenvalue weighted by molar-refractivity contribution is 5.20. The van der Waals surface area contributed by atoms with Crippen LogP contribution in [0.1, 0.15) is 51.2 Å². The lowest BCUT2D eigenvalue weighted by molar-refractivity contribution is 0.259. The van der Waals surface area contributed by atoms with E-state index in [-0.39, 0.29) is 0 Å². The van der Waals surface area contributed by atoms with Crippen LogP contribution in [0.3, 0.4) is 0 Å². The topological polar surface area (TPSA) is 28.4 Å². The van der Waals surface area contributed by atoms with Gasteiger partial charge < -0.3 is 9.73 Å². The van der Waals surface area contributed by atoms with Gasteiger partial charge >= 0.3 is 0 Å². The molecule has 2 rings (SSSR count). The number of rotatable bonds is 5. The normalized spacial score (nSPS) is 19.5. The van der Waals surface area contributed by atoms with E-state index in [0.29, 0.717) is 11.5 Å². The van der Waals surface area contributed by atoms with Crippen LogP contribution in [0.2, 0.25) is 0 Å². The standard InChI is InChI=1S/C16H28N2O/c1-12(2)17-9-15-13(3)8-14(19-15)10-18-7-6-16(4,5)11-18/h8,12,17H,6-7,9-11H2,1-5H3. The lowest BCUT2D eigenvalue weighted by Gasteiger charge is -2.18. The van der Waals surface area contributed by atoms with Crippen LogP contribution in [-0.2, 0) is 13.1 Å². The first-order valence-corrected chi connectivity index (χ1v) is 7.40. The van der Waals surface area contributed by atoms with Gasteiger partial charge in [0.25, 0.3) is 0 Å². The summed E-state index contributed by atoms with van der Waals surface area (Å²) in [5.41, 5.74) is 1.73. The summed E-state index contributed by atoms with van der Waals surface area (Å²) in [5.74, 6) is 2.19. The van der Waals surface area contributed by atoms with E-state index in [1.54, 1.807) is 0 Å². The largest absolute Gasteiger partial charge is 0.463 e. The second-order valence-electron chi connectivity index (χ2n) is 6.98. The number of nitrogens with zero attached hydrogens (tertiary/aromatic N) is 1. The van der Waals surface area contributed by atoms with E-state index in [1.165, 1.54) is 25.1 Å². The second kappa shape index (κ2) is 5.68. The number of furan rings is 1. The van der Waals surface area contributed by atoms with Crippen molar-refractivity contribution in [3.05, 3.63) is 23.2 Å². The van der Waals surface area contributed by atoms with Gasteiger partial charge in [-0.1, -0.05) is 27.7 Å². The minimum Gasteiger partial charge on any atom is -0.463 e. The highest BCUT2D eigenvalue weighted by Crippen LogP contribution is 2.30. The van der Waals surface area contributed by atoms with E-state index in [4.69, 9.17) is 4.42 Å². The molecule has 0 atom stereocenters. The van der Waals surface area contributed by atoms with Crippen LogP contribution in [0.25, 0.3) is 0 Å². The molecule has 0 spiro atoms. The molecule has 0 aromatic carbocycles. The first-order chi connectivity index (χ1) is 8.85. The predicted molar refractivity (Wildman–Crippen MR) is 79.1 cm³/mol. The number of likely N-dealkylation sites (tertiary alicyclic amines) is 1. The number of nitrogens with one attached hydrogen (secondary N) is 1. The van der Waals surface area contributed by atoms with E-state index in [2.05, 4.69) is 50.9 Å². The molecule has 3 nitrogen and oxygen atoms in total. The maximum atomic E-state index is 5.99. The van der Waals surface area contributed by atoms with Crippen molar-refractivity contribution in [2.24, 2.45) is 5.41 Å². The maximum Gasteiger partial charge on any atom is 0.120 e. The van der Waals surface area contributed by atoms with Crippen molar-refractivity contribution in [1.29, 1.82) is 0 Å². The molecule has 1 N–H and O–H groups in total. The van der Waals surface area contributed by atoms with E-state index >= 15 is 0 Å². The van der Waals surface area contributed by atoms with E-state index in [9.17, 15) is 0 Å². The molecule has 0 saturated carbocycles. The minimum atomic E-state index is 0.462. The molecule has 0 unspecified atom stereocenters. The van der Waals surface area contributed by atoms with E-state index < -0.39 is 0 Å². The molecule has 0 radical (unpaired) electrons. The van der Waals surface area contributed by atoms with Crippen molar-refractivity contribution in [1.82, 2.24) is 10.2 Å². The van der Waals surface area contributed by atoms with Crippen molar-refractivity contribution >= 4 is 0 Å². The van der Waals surface area contributed by atoms with Crippen molar-refractivity contribution in [3.63, 3.8) is 0 Å². The highest BCUT2D eigenvalue weighted by Gasteiger charge is 2.29. The molecular weight excluding hydrogens is 236 g/mol. The van der Waals surface area contributed by atoms with Crippen molar-refractivity contribution < 1.29 is 4.42 Å². The third kappa shape index (κ3) is 4.08. The summed E-state index contributed by atoms with van der Waals surface area (Å²) in [7, 11) is 0. The first-order valence-electron chi connectivity index (χ1n) is 7.40. The Hall–Kier alpha value is -0.800. The van der Waals surface area contributed by atoms with E-state index in [0.717, 1.165) is 24.6 Å². The molecule has 1 aromatic heterocycles. The third-order valence-electron chi connectivity index (χ3n) is 3.88. The molecule has 0 amide bonds. The molecule has 108 valence electrons. The second-order valence-corrected chi connectivity index (χ2v) is 6.98. The number of hydrogen-bond acceptors (Lipinski definition) is 3. The Kier molecular flexibility index (Phi) is 4.36. The fourth-order valence-electron chi connectivity index (χ4n) is 2.72. The summed E-state index contributed by atoms with van der Waals surface area (Å²) >= 11 is 0. The van der Waals surface area contributed by atoms with Crippen LogP contribution in [-0.4, -0.2) is 24.0 Å². The van der Waals surface area contributed by atoms with Crippen molar-refractivity contribution in [3.8, 4) is 0 Å². The molecule has 2 heterocycles. The van der Waals surface area contributed by atoms with Gasteiger partial charge in [0, 0.05) is 12.6 Å². The van der Waals surface area contributed by atoms with Crippen LogP contribution in [0.4, 0.5) is 0 Å². The van der Waals surface area contributed by atoms with Gasteiger partial charge in [-0.25, -0.2) is 0 Å². The summed E-state index contributed by atoms with van der Waals surface area (Å²) < 4.78 is 5.99. The summed E-state index contributed by atoms with van der Waals surface area (Å²) in [4.78, 5) is 2.50. The van der Waals surface area contributed by atoms with Gasteiger partial charge in [0.1, 0.15) is 11.5 Å². The SMILES string of the molecule is Cc1cc(CN2CCC(C)(C)C2)oc1CNC(C)C. The molecule has 1 aromatic rings. The average Bonchev–Trinajstić information content (AvgIpc) is 2.79. The van der Waals surface area contributed by atoms with Gasteiger partial charge in [0.05, 0.1) is 13.1 Å². The molecule has 19 heavy (non-hydrogen) atoms. The minimum absolute atomic E-state index is 0.462. The Morgan fingerprint density at radius 1 is 1.42 bits per heavy atom. The Morgan fingerprint density at radius 2 is 2.16 bits per heavy atom. The Morgan fingerprint density at radius 3 is 2.74 bits per heavy atom. The average molecular weight is 264 g/mol. The monoisotopic (exact) mass is 264 g/mol. The smallest absolute Gasteiger partial charge is 0.120 e. The van der Waals surface area contributed by atoms with Crippen molar-refractivity contribution in [2.75, 3.05) is 13.1 Å². The Bertz CT molecular complexity index is 420.